The van der Waals surface area contributed by atoms with Crippen LogP contribution in [-0.4, -0.2) is 141 Å². The first-order chi connectivity index (χ1) is 35.5. The summed E-state index contributed by atoms with van der Waals surface area (Å²) in [5.74, 6) is -6.74. The van der Waals surface area contributed by atoms with Crippen LogP contribution in [0.4, 0.5) is 5.69 Å². The lowest BCUT2D eigenvalue weighted by Gasteiger charge is -2.38. The van der Waals surface area contributed by atoms with Gasteiger partial charge in [0, 0.05) is 80.7 Å². The van der Waals surface area contributed by atoms with Gasteiger partial charge in [-0.1, -0.05) is 73.6 Å². The van der Waals surface area contributed by atoms with Gasteiger partial charge >= 0.3 is 25.3 Å². The van der Waals surface area contributed by atoms with E-state index in [1.54, 1.807) is 44.9 Å². The van der Waals surface area contributed by atoms with Gasteiger partial charge in [0.1, 0.15) is 52.5 Å². The molecule has 0 aliphatic carbocycles. The number of Topliss-reactive ketones (excluding diaryl/α,β-unsaturated/α-hetero) is 1. The monoisotopic (exact) mass is 1080 g/mol. The highest BCUT2D eigenvalue weighted by molar-refractivity contribution is 7.53. The highest BCUT2D eigenvalue weighted by Crippen LogP contribution is 2.51. The normalized spacial score (nSPS) is 29.1. The molecule has 2 aromatic carbocycles. The van der Waals surface area contributed by atoms with Gasteiger partial charge in [-0.3, -0.25) is 33.6 Å². The van der Waals surface area contributed by atoms with Gasteiger partial charge in [-0.15, -0.1) is 0 Å². The van der Waals surface area contributed by atoms with Crippen LogP contribution in [0.5, 0.6) is 17.2 Å². The molecule has 5 aliphatic heterocycles. The maximum Gasteiger partial charge on any atom is 0.335 e. The van der Waals surface area contributed by atoms with Crippen molar-refractivity contribution in [3.05, 3.63) is 58.0 Å². The number of nitrogens with zero attached hydrogens (tertiary/aromatic N) is 4. The number of aldehydes is 1. The van der Waals surface area contributed by atoms with Gasteiger partial charge in [-0.05, 0) is 63.0 Å². The number of rotatable bonds is 13. The van der Waals surface area contributed by atoms with Crippen LogP contribution in [0.25, 0.3) is 10.8 Å². The van der Waals surface area contributed by atoms with Gasteiger partial charge in [-0.2, -0.15) is 0 Å². The van der Waals surface area contributed by atoms with Gasteiger partial charge in [0.05, 0.1) is 35.5 Å². The minimum Gasteiger partial charge on any atom is -0.507 e. The fourth-order valence-corrected chi connectivity index (χ4v) is 11.3. The number of likely N-dealkylation sites (tertiary alicyclic amines) is 1. The van der Waals surface area contributed by atoms with E-state index < -0.39 is 84.5 Å². The third kappa shape index (κ3) is 12.9. The van der Waals surface area contributed by atoms with Crippen molar-refractivity contribution in [1.82, 2.24) is 9.80 Å². The van der Waals surface area contributed by atoms with E-state index in [0.717, 1.165) is 6.54 Å². The Morgan fingerprint density at radius 1 is 0.961 bits per heavy atom. The highest BCUT2D eigenvalue weighted by atomic mass is 31.2. The van der Waals surface area contributed by atoms with E-state index in [2.05, 4.69) is 29.1 Å². The third-order valence-electron chi connectivity index (χ3n) is 16.0. The lowest BCUT2D eigenvalue weighted by Crippen LogP contribution is -2.47. The quantitative estimate of drug-likeness (QED) is 0.0614. The molecule has 21 heteroatoms. The van der Waals surface area contributed by atoms with E-state index in [-0.39, 0.29) is 106 Å². The number of piperidine rings is 1. The number of phenolic OH excluding ortho intramolecular Hbond substituents is 2. The van der Waals surface area contributed by atoms with Crippen molar-refractivity contribution in [2.45, 2.75) is 131 Å². The van der Waals surface area contributed by atoms with Crippen LogP contribution in [-0.2, 0) is 38.0 Å². The number of ether oxygens (including phenoxy) is 4. The molecule has 5 heterocycles. The summed E-state index contributed by atoms with van der Waals surface area (Å²) in [7, 11) is -3.10. The molecule has 7 rings (SSSR count). The summed E-state index contributed by atoms with van der Waals surface area (Å²) < 4.78 is 35.4. The summed E-state index contributed by atoms with van der Waals surface area (Å²) in [6.07, 6.45) is 6.76. The fourth-order valence-electron chi connectivity index (χ4n) is 10.7. The molecule has 1 saturated heterocycles. The highest BCUT2D eigenvalue weighted by Gasteiger charge is 2.51. The number of aliphatic hydroxyl groups excluding tert-OH is 1. The first-order valence-corrected chi connectivity index (χ1v) is 28.0. The standard InChI is InChI=1S/C55H78N5O15P/c1-29(2)26-60-21-19-55(20-22-60)57-44-41-42-48(65)37(10)51-43(41)52(67)54(11,75-51)73-24-18-30(3)33(6)34(7)35(8)47(64)36(9)50(31(4)14-13-15-32(5)53(68)56-46(49(42)66)45(44)58-55)74-40(63)27-59(12)23-25-72-39(62)17-16-38(28-61)76(69,70)71/h13-15,18,24,28-31,33-36,38,47,50,57,64-66H,16-17,19-23,25-27H2,1-12H3,(H2,69,70,71)/b14-13+,24-18+,32-15-,56-46?/t30-,31-,33+,34+,35-,36-,38?,47-,50-,54-/m0/s1. The molecular formula is C55H78N5O15P. The smallest absolute Gasteiger partial charge is 0.335 e. The lowest BCUT2D eigenvalue weighted by atomic mass is 9.72. The van der Waals surface area contributed by atoms with Crippen LogP contribution in [0, 0.1) is 48.3 Å². The number of allylic oxidation sites excluding steroid dienone is 3. The van der Waals surface area contributed by atoms with Crippen molar-refractivity contribution in [1.29, 1.82) is 0 Å². The first kappa shape index (κ1) is 59.7. The van der Waals surface area contributed by atoms with Gasteiger partial charge in [0.2, 0.25) is 0 Å². The van der Waals surface area contributed by atoms with Gasteiger partial charge in [-0.25, -0.2) is 4.99 Å². The predicted octanol–water partition coefficient (Wildman–Crippen LogP) is 5.63. The summed E-state index contributed by atoms with van der Waals surface area (Å²) in [5, 5.41) is 39.9. The van der Waals surface area contributed by atoms with Crippen molar-refractivity contribution >= 4 is 54.0 Å². The zero-order valence-electron chi connectivity index (χ0n) is 45.9. The molecule has 5 bridgehead atoms. The zero-order valence-corrected chi connectivity index (χ0v) is 46.8. The number of hydrogen-bond acceptors (Lipinski definition) is 17. The molecule has 1 amide bonds. The Balaban J connectivity index is 1.36. The second kappa shape index (κ2) is 24.0. The van der Waals surface area contributed by atoms with Gasteiger partial charge < -0.3 is 59.1 Å². The number of esters is 2. The fraction of sp³-hybridized carbons (Fsp3) is 0.618. The van der Waals surface area contributed by atoms with E-state index >= 15 is 0 Å². The minimum absolute atomic E-state index is 0.0515. The number of hydrogen-bond donors (Lipinski definition) is 6. The number of fused-ring (bicyclic) bond motifs is 13. The maximum atomic E-state index is 14.8. The first-order valence-electron chi connectivity index (χ1n) is 26.3. The van der Waals surface area contributed by atoms with Crippen molar-refractivity contribution in [2.75, 3.05) is 51.7 Å². The van der Waals surface area contributed by atoms with Crippen LogP contribution < -0.4 is 20.8 Å². The molecule has 418 valence electrons. The van der Waals surface area contributed by atoms with Crippen molar-refractivity contribution < 1.29 is 72.6 Å². The summed E-state index contributed by atoms with van der Waals surface area (Å²) >= 11 is 0. The van der Waals surface area contributed by atoms with E-state index in [4.69, 9.17) is 23.9 Å². The number of benzene rings is 2. The average Bonchev–Trinajstić information content (AvgIpc) is 3.86. The number of ketones is 1. The molecule has 1 unspecified atom stereocenters. The Morgan fingerprint density at radius 3 is 2.26 bits per heavy atom. The number of nitrogens with one attached hydrogen (secondary N) is 1. The van der Waals surface area contributed by atoms with Crippen LogP contribution >= 0.6 is 7.60 Å². The Labute approximate surface area is 444 Å². The van der Waals surface area contributed by atoms with Crippen LogP contribution in [0.1, 0.15) is 111 Å². The lowest BCUT2D eigenvalue weighted by molar-refractivity contribution is -0.159. The van der Waals surface area contributed by atoms with Crippen LogP contribution in [0.2, 0.25) is 0 Å². The number of aliphatic hydroxyl groups is 1. The Hall–Kier alpha value is -5.50. The zero-order chi connectivity index (χ0) is 56.4. The van der Waals surface area contributed by atoms with E-state index in [9.17, 15) is 53.6 Å². The number of likely N-dealkylation sites (N-methyl/N-ethyl adjacent to an activating group) is 1. The predicted molar refractivity (Wildman–Crippen MR) is 283 cm³/mol. The van der Waals surface area contributed by atoms with E-state index in [1.165, 1.54) is 19.3 Å². The summed E-state index contributed by atoms with van der Waals surface area (Å²) in [6.45, 7) is 22.6. The number of anilines is 1. The molecule has 0 aromatic heterocycles. The Bertz CT molecular complexity index is 2840. The molecule has 0 radical (unpaired) electrons. The maximum absolute atomic E-state index is 14.8. The molecule has 76 heavy (non-hydrogen) atoms. The molecule has 1 fully saturated rings. The molecule has 6 N–H and O–H groups in total. The molecule has 20 nitrogen and oxygen atoms in total. The van der Waals surface area contributed by atoms with E-state index in [0.29, 0.717) is 37.5 Å². The van der Waals surface area contributed by atoms with Crippen molar-refractivity contribution in [3.63, 3.8) is 0 Å². The average molecular weight is 1080 g/mol. The molecule has 5 aliphatic rings. The third-order valence-corrected chi connectivity index (χ3v) is 17.2. The topological polar surface area (TPSA) is 284 Å². The molecule has 10 atom stereocenters. The number of aromatic hydroxyl groups is 2. The summed E-state index contributed by atoms with van der Waals surface area (Å²) in [4.78, 5) is 98.2. The number of amides is 1. The van der Waals surface area contributed by atoms with Crippen molar-refractivity contribution in [3.8, 4) is 17.2 Å². The van der Waals surface area contributed by atoms with Crippen LogP contribution in [0.15, 0.2) is 46.1 Å². The summed E-state index contributed by atoms with van der Waals surface area (Å²) in [6, 6.07) is 0. The Morgan fingerprint density at radius 2 is 1.63 bits per heavy atom. The Kier molecular flexibility index (Phi) is 18.9. The molecule has 1 spiro atoms. The van der Waals surface area contributed by atoms with Crippen LogP contribution in [0.3, 0.4) is 0 Å². The van der Waals surface area contributed by atoms with Gasteiger partial charge in [0.15, 0.2) is 5.75 Å². The molecule has 0 saturated carbocycles. The number of carbonyl (C=O) groups excluding carboxylic acids is 5. The largest absolute Gasteiger partial charge is 0.507 e. The van der Waals surface area contributed by atoms with Crippen molar-refractivity contribution in [2.24, 2.45) is 51.4 Å². The SMILES string of the molecule is C/C1=C/C=C/[C@H](C)[C@H](OC(=O)CN(C)CCOC(=O)CCC(C=O)P(=O)(O)O)[C@@H](C)[C@@H](O)[C@@H](C)[C@H](C)[C@H](C)[C@@H](C)/C=C/O[C@@]2(C)Oc3c(C)c(O)c4c(O)c(c5c(c4c3C2=O)NC2(CCN(CC(C)C)CC2)N=5)=NC1=O. The molecular weight excluding hydrogens is 1000 g/mol. The van der Waals surface area contributed by atoms with Gasteiger partial charge in [0.25, 0.3) is 11.7 Å². The molecule has 2 aromatic rings. The minimum atomic E-state index is -4.71. The van der Waals surface area contributed by atoms with E-state index in [1.807, 2.05) is 40.7 Å². The second-order valence-electron chi connectivity index (χ2n) is 22.2. The number of phenols is 2. The second-order valence-corrected chi connectivity index (χ2v) is 24.0. The number of carbonyl (C=O) groups is 5. The summed E-state index contributed by atoms with van der Waals surface area (Å²) in [5.41, 5.74) is -1.76.